The van der Waals surface area contributed by atoms with Crippen LogP contribution in [0.1, 0.15) is 110 Å². The molecule has 2 unspecified atom stereocenters. The molecule has 0 aliphatic rings. The molecule has 0 aliphatic carbocycles. The fraction of sp³-hybridized carbons (Fsp3) is 0.885. The van der Waals surface area contributed by atoms with Gasteiger partial charge in [0.2, 0.25) is 0 Å². The third kappa shape index (κ3) is 24.7. The van der Waals surface area contributed by atoms with Crippen molar-refractivity contribution in [3.63, 3.8) is 0 Å². The van der Waals surface area contributed by atoms with Gasteiger partial charge in [0.25, 0.3) is 0 Å². The summed E-state index contributed by atoms with van der Waals surface area (Å²) in [6, 6.07) is 0. The third-order valence-electron chi connectivity index (χ3n) is 5.49. The van der Waals surface area contributed by atoms with E-state index in [1.807, 2.05) is 0 Å². The molecule has 0 rings (SSSR count). The predicted molar refractivity (Wildman–Crippen MR) is 141 cm³/mol. The Morgan fingerprint density at radius 2 is 1.40 bits per heavy atom. The Labute approximate surface area is 213 Å². The van der Waals surface area contributed by atoms with Crippen molar-refractivity contribution >= 4 is 13.8 Å². The number of ether oxygens (including phenoxy) is 2. The van der Waals surface area contributed by atoms with E-state index < -0.39 is 19.9 Å². The van der Waals surface area contributed by atoms with Crippen LogP contribution in [0.3, 0.4) is 0 Å². The molecule has 0 radical (unpaired) electrons. The van der Waals surface area contributed by atoms with Gasteiger partial charge in [0.1, 0.15) is 6.10 Å². The number of esters is 1. The molecule has 0 aromatic carbocycles. The van der Waals surface area contributed by atoms with Gasteiger partial charge in [-0.05, 0) is 32.1 Å². The number of nitrogens with two attached hydrogens (primary N) is 1. The van der Waals surface area contributed by atoms with Gasteiger partial charge in [-0.25, -0.2) is 4.57 Å². The molecule has 0 saturated heterocycles. The highest BCUT2D eigenvalue weighted by Gasteiger charge is 2.24. The van der Waals surface area contributed by atoms with E-state index in [4.69, 9.17) is 19.7 Å². The van der Waals surface area contributed by atoms with Crippen molar-refractivity contribution in [2.75, 3.05) is 33.0 Å². The van der Waals surface area contributed by atoms with Crippen LogP contribution in [0, 0.1) is 0 Å². The molecule has 3 N–H and O–H groups in total. The normalized spacial score (nSPS) is 14.3. The van der Waals surface area contributed by atoms with Gasteiger partial charge >= 0.3 is 13.8 Å². The van der Waals surface area contributed by atoms with Crippen molar-refractivity contribution in [1.82, 2.24) is 0 Å². The van der Waals surface area contributed by atoms with E-state index in [0.717, 1.165) is 12.8 Å². The maximum absolute atomic E-state index is 11.7. The summed E-state index contributed by atoms with van der Waals surface area (Å²) in [4.78, 5) is 21.2. The second-order valence-electron chi connectivity index (χ2n) is 8.86. The summed E-state index contributed by atoms with van der Waals surface area (Å²) in [7, 11) is -4.22. The van der Waals surface area contributed by atoms with Crippen LogP contribution in [0.4, 0.5) is 0 Å². The Balaban J connectivity index is 3.73. The minimum absolute atomic E-state index is 0.0976. The van der Waals surface area contributed by atoms with Gasteiger partial charge in [0.05, 0.1) is 19.8 Å². The van der Waals surface area contributed by atoms with Crippen LogP contribution in [0.5, 0.6) is 0 Å². The van der Waals surface area contributed by atoms with Crippen LogP contribution in [0.15, 0.2) is 12.2 Å². The molecule has 9 heteroatoms. The first-order valence-electron chi connectivity index (χ1n) is 13.7. The summed E-state index contributed by atoms with van der Waals surface area (Å²) >= 11 is 0. The summed E-state index contributed by atoms with van der Waals surface area (Å²) in [6.45, 7) is 4.30. The molecule has 0 aromatic heterocycles. The molecule has 0 aliphatic heterocycles. The van der Waals surface area contributed by atoms with Gasteiger partial charge in [-0.1, -0.05) is 83.8 Å². The van der Waals surface area contributed by atoms with Crippen LogP contribution in [0.25, 0.3) is 0 Å². The molecule has 0 aromatic rings. The Morgan fingerprint density at radius 1 is 0.829 bits per heavy atom. The highest BCUT2D eigenvalue weighted by molar-refractivity contribution is 7.47. The van der Waals surface area contributed by atoms with E-state index in [0.29, 0.717) is 6.61 Å². The first-order valence-corrected chi connectivity index (χ1v) is 15.2. The van der Waals surface area contributed by atoms with Gasteiger partial charge < -0.3 is 20.1 Å². The fourth-order valence-electron chi connectivity index (χ4n) is 3.43. The maximum atomic E-state index is 11.7. The molecular weight excluding hydrogens is 469 g/mol. The number of carbonyl (C=O) groups is 1. The molecule has 2 atom stereocenters. The smallest absolute Gasteiger partial charge is 0.457 e. The lowest BCUT2D eigenvalue weighted by atomic mass is 10.1. The van der Waals surface area contributed by atoms with Gasteiger partial charge in [-0.2, -0.15) is 0 Å². The van der Waals surface area contributed by atoms with Crippen molar-refractivity contribution in [2.24, 2.45) is 5.73 Å². The number of unbranched alkanes of at least 4 members (excludes halogenated alkanes) is 12. The number of phosphoric ester groups is 1. The van der Waals surface area contributed by atoms with Crippen LogP contribution in [-0.4, -0.2) is 49.9 Å². The SMILES string of the molecule is CCCCCCCC/C=C\CCCCCCCCOCC(COP(=O)(O)OCCN)OC(=O)CC. The van der Waals surface area contributed by atoms with Gasteiger partial charge in [0.15, 0.2) is 0 Å². The van der Waals surface area contributed by atoms with Gasteiger partial charge in [0, 0.05) is 19.6 Å². The predicted octanol–water partition coefficient (Wildman–Crippen LogP) is 6.45. The lowest BCUT2D eigenvalue weighted by Gasteiger charge is -2.19. The van der Waals surface area contributed by atoms with Crippen molar-refractivity contribution in [3.05, 3.63) is 12.2 Å². The molecular formula is C26H52NO7P. The summed E-state index contributed by atoms with van der Waals surface area (Å²) in [5.41, 5.74) is 5.25. The quantitative estimate of drug-likeness (QED) is 0.0577. The monoisotopic (exact) mass is 521 g/mol. The molecule has 8 nitrogen and oxygen atoms in total. The Morgan fingerprint density at radius 3 is 1.97 bits per heavy atom. The topological polar surface area (TPSA) is 117 Å². The van der Waals surface area contributed by atoms with Crippen LogP contribution in [0.2, 0.25) is 0 Å². The number of carbonyl (C=O) groups excluding carboxylic acids is 1. The van der Waals surface area contributed by atoms with E-state index in [-0.39, 0.29) is 32.8 Å². The van der Waals surface area contributed by atoms with E-state index in [9.17, 15) is 14.3 Å². The molecule has 0 bridgehead atoms. The van der Waals surface area contributed by atoms with E-state index >= 15 is 0 Å². The summed E-state index contributed by atoms with van der Waals surface area (Å²) in [5, 5.41) is 0. The molecule has 0 heterocycles. The summed E-state index contributed by atoms with van der Waals surface area (Å²) in [6.07, 6.45) is 21.6. The number of hydrogen-bond donors (Lipinski definition) is 2. The number of hydrogen-bond acceptors (Lipinski definition) is 7. The largest absolute Gasteiger partial charge is 0.472 e. The first-order chi connectivity index (χ1) is 16.9. The Hall–Kier alpha value is -0.760. The fourth-order valence-corrected chi connectivity index (χ4v) is 4.20. The minimum Gasteiger partial charge on any atom is -0.457 e. The number of rotatable bonds is 26. The van der Waals surface area contributed by atoms with Crippen molar-refractivity contribution < 1.29 is 32.8 Å². The maximum Gasteiger partial charge on any atom is 0.472 e. The van der Waals surface area contributed by atoms with Crippen LogP contribution in [-0.2, 0) is 27.9 Å². The average molecular weight is 522 g/mol. The van der Waals surface area contributed by atoms with E-state index in [2.05, 4.69) is 23.6 Å². The lowest BCUT2D eigenvalue weighted by molar-refractivity contribution is -0.154. The Bertz CT molecular complexity index is 560. The van der Waals surface area contributed by atoms with Crippen molar-refractivity contribution in [3.8, 4) is 0 Å². The average Bonchev–Trinajstić information content (AvgIpc) is 2.85. The second kappa shape index (κ2) is 24.9. The third-order valence-corrected chi connectivity index (χ3v) is 6.47. The zero-order chi connectivity index (χ0) is 26.0. The van der Waals surface area contributed by atoms with E-state index in [1.54, 1.807) is 6.92 Å². The molecule has 0 amide bonds. The highest BCUT2D eigenvalue weighted by Crippen LogP contribution is 2.43. The molecule has 0 fully saturated rings. The molecule has 0 saturated carbocycles. The second-order valence-corrected chi connectivity index (χ2v) is 10.3. The minimum atomic E-state index is -4.22. The Kier molecular flexibility index (Phi) is 24.4. The summed E-state index contributed by atoms with van der Waals surface area (Å²) in [5.74, 6) is -0.421. The first kappa shape index (κ1) is 34.2. The highest BCUT2D eigenvalue weighted by atomic mass is 31.2. The molecule has 208 valence electrons. The van der Waals surface area contributed by atoms with Crippen molar-refractivity contribution in [2.45, 2.75) is 116 Å². The van der Waals surface area contributed by atoms with Crippen LogP contribution >= 0.6 is 7.82 Å². The van der Waals surface area contributed by atoms with Crippen molar-refractivity contribution in [1.29, 1.82) is 0 Å². The standard InChI is InChI=1S/C26H52NO7P/c1-3-5-6-7-8-9-10-11-12-13-14-15-16-17-18-19-21-31-23-25(34-26(28)4-2)24-33-35(29,30)32-22-20-27/h11-12,25H,3-10,13-24,27H2,1-2H3,(H,29,30)/b12-11-. The molecule has 35 heavy (non-hydrogen) atoms. The summed E-state index contributed by atoms with van der Waals surface area (Å²) < 4.78 is 32.2. The van der Waals surface area contributed by atoms with Gasteiger partial charge in [-0.3, -0.25) is 13.8 Å². The van der Waals surface area contributed by atoms with Crippen LogP contribution < -0.4 is 5.73 Å². The van der Waals surface area contributed by atoms with Gasteiger partial charge in [-0.15, -0.1) is 0 Å². The molecule has 0 spiro atoms. The van der Waals surface area contributed by atoms with E-state index in [1.165, 1.54) is 77.0 Å². The zero-order valence-electron chi connectivity index (χ0n) is 22.3. The zero-order valence-corrected chi connectivity index (χ0v) is 23.2. The number of allylic oxidation sites excluding steroid dienone is 2. The number of phosphoric acid groups is 1. The lowest BCUT2D eigenvalue weighted by Crippen LogP contribution is -2.28.